The number of carbonyl (C=O) groups is 1. The Labute approximate surface area is 110 Å². The van der Waals surface area contributed by atoms with Crippen LogP contribution in [0.5, 0.6) is 0 Å². The summed E-state index contributed by atoms with van der Waals surface area (Å²) in [5.41, 5.74) is 7.33. The van der Waals surface area contributed by atoms with Gasteiger partial charge in [0, 0.05) is 16.7 Å². The lowest BCUT2D eigenvalue weighted by Gasteiger charge is -2.39. The largest absolute Gasteiger partial charge is 0.329 e. The first kappa shape index (κ1) is 12.6. The van der Waals surface area contributed by atoms with Crippen molar-refractivity contribution in [3.05, 3.63) is 28.2 Å². The van der Waals surface area contributed by atoms with Crippen molar-refractivity contribution < 1.29 is 4.79 Å². The number of nitrogens with one attached hydrogen (secondary N) is 1. The van der Waals surface area contributed by atoms with Crippen LogP contribution in [0.1, 0.15) is 24.8 Å². The molecule has 17 heavy (non-hydrogen) atoms. The van der Waals surface area contributed by atoms with Crippen LogP contribution in [0.2, 0.25) is 0 Å². The van der Waals surface area contributed by atoms with Crippen molar-refractivity contribution in [1.29, 1.82) is 0 Å². The molecule has 0 saturated heterocycles. The van der Waals surface area contributed by atoms with Gasteiger partial charge < -0.3 is 11.1 Å². The van der Waals surface area contributed by atoms with E-state index in [1.165, 1.54) is 0 Å². The molecule has 0 bridgehead atoms. The lowest BCUT2D eigenvalue weighted by molar-refractivity contribution is -0.129. The molecule has 3 nitrogen and oxygen atoms in total. The molecule has 0 heterocycles. The molecule has 1 aliphatic carbocycles. The smallest absolute Gasteiger partial charge is 0.231 e. The van der Waals surface area contributed by atoms with Crippen LogP contribution in [-0.2, 0) is 4.79 Å². The Morgan fingerprint density at radius 3 is 2.71 bits per heavy atom. The fraction of sp³-hybridized carbons (Fsp3) is 0.462. The highest BCUT2D eigenvalue weighted by molar-refractivity contribution is 9.10. The number of nitrogens with two attached hydrogens (primary N) is 1. The van der Waals surface area contributed by atoms with Crippen molar-refractivity contribution in [2.45, 2.75) is 26.2 Å². The number of carbonyl (C=O) groups excluding carboxylic acids is 1. The van der Waals surface area contributed by atoms with E-state index in [2.05, 4.69) is 21.2 Å². The summed E-state index contributed by atoms with van der Waals surface area (Å²) in [7, 11) is 0. The molecular formula is C13H17BrN2O. The third kappa shape index (κ3) is 2.38. The molecule has 1 saturated carbocycles. The van der Waals surface area contributed by atoms with Gasteiger partial charge in [-0.1, -0.05) is 22.4 Å². The molecule has 1 aromatic rings. The first-order valence-electron chi connectivity index (χ1n) is 5.85. The van der Waals surface area contributed by atoms with E-state index in [1.54, 1.807) is 0 Å². The van der Waals surface area contributed by atoms with Gasteiger partial charge in [-0.3, -0.25) is 4.79 Å². The summed E-state index contributed by atoms with van der Waals surface area (Å²) in [4.78, 5) is 12.2. The van der Waals surface area contributed by atoms with Crippen LogP contribution in [0, 0.1) is 12.3 Å². The first-order chi connectivity index (χ1) is 8.07. The highest BCUT2D eigenvalue weighted by Crippen LogP contribution is 2.41. The van der Waals surface area contributed by atoms with Gasteiger partial charge in [-0.05, 0) is 43.5 Å². The summed E-state index contributed by atoms with van der Waals surface area (Å²) in [5, 5.41) is 2.99. The van der Waals surface area contributed by atoms with Crippen molar-refractivity contribution in [3.63, 3.8) is 0 Å². The maximum Gasteiger partial charge on any atom is 0.231 e. The molecule has 0 radical (unpaired) electrons. The quantitative estimate of drug-likeness (QED) is 0.901. The number of hydrogen-bond acceptors (Lipinski definition) is 2. The maximum absolute atomic E-state index is 12.2. The van der Waals surface area contributed by atoms with Gasteiger partial charge in [0.15, 0.2) is 0 Å². The van der Waals surface area contributed by atoms with E-state index in [4.69, 9.17) is 5.73 Å². The van der Waals surface area contributed by atoms with Crippen molar-refractivity contribution in [2.24, 2.45) is 11.1 Å². The molecule has 4 heteroatoms. The van der Waals surface area contributed by atoms with E-state index in [9.17, 15) is 4.79 Å². The van der Waals surface area contributed by atoms with E-state index in [1.807, 2.05) is 25.1 Å². The minimum Gasteiger partial charge on any atom is -0.329 e. The predicted molar refractivity (Wildman–Crippen MR) is 72.8 cm³/mol. The number of hydrogen-bond donors (Lipinski definition) is 2. The zero-order chi connectivity index (χ0) is 12.5. The second kappa shape index (κ2) is 4.78. The second-order valence-electron chi connectivity index (χ2n) is 4.75. The topological polar surface area (TPSA) is 55.1 Å². The molecule has 92 valence electrons. The third-order valence-electron chi connectivity index (χ3n) is 3.62. The Hall–Kier alpha value is -0.870. The van der Waals surface area contributed by atoms with Crippen LogP contribution in [0.25, 0.3) is 0 Å². The van der Waals surface area contributed by atoms with Gasteiger partial charge in [-0.25, -0.2) is 0 Å². The number of amides is 1. The van der Waals surface area contributed by atoms with Crippen LogP contribution in [0.15, 0.2) is 22.7 Å². The van der Waals surface area contributed by atoms with E-state index >= 15 is 0 Å². The monoisotopic (exact) mass is 296 g/mol. The van der Waals surface area contributed by atoms with E-state index in [-0.39, 0.29) is 11.3 Å². The van der Waals surface area contributed by atoms with Crippen LogP contribution >= 0.6 is 15.9 Å². The first-order valence-corrected chi connectivity index (χ1v) is 6.64. The van der Waals surface area contributed by atoms with Crippen LogP contribution in [0.3, 0.4) is 0 Å². The van der Waals surface area contributed by atoms with Crippen molar-refractivity contribution in [2.75, 3.05) is 11.9 Å². The molecule has 3 N–H and O–H groups in total. The fourth-order valence-electron chi connectivity index (χ4n) is 2.15. The van der Waals surface area contributed by atoms with Crippen LogP contribution < -0.4 is 11.1 Å². The molecule has 0 unspecified atom stereocenters. The molecule has 2 rings (SSSR count). The van der Waals surface area contributed by atoms with Crippen molar-refractivity contribution in [1.82, 2.24) is 0 Å². The number of rotatable bonds is 3. The number of anilines is 1. The average Bonchev–Trinajstić information content (AvgIpc) is 2.21. The Bertz CT molecular complexity index is 436. The maximum atomic E-state index is 12.2. The summed E-state index contributed by atoms with van der Waals surface area (Å²) in [6.07, 6.45) is 2.92. The van der Waals surface area contributed by atoms with E-state index < -0.39 is 0 Å². The fourth-order valence-corrected chi connectivity index (χ4v) is 2.63. The third-order valence-corrected chi connectivity index (χ3v) is 4.11. The molecule has 0 aromatic heterocycles. The predicted octanol–water partition coefficient (Wildman–Crippen LogP) is 2.83. The Morgan fingerprint density at radius 2 is 2.24 bits per heavy atom. The summed E-state index contributed by atoms with van der Waals surface area (Å²) in [5.74, 6) is 0.0664. The molecular weight excluding hydrogens is 280 g/mol. The minimum absolute atomic E-state index is 0.0664. The normalized spacial score (nSPS) is 17.4. The van der Waals surface area contributed by atoms with Crippen molar-refractivity contribution >= 4 is 27.5 Å². The lowest BCUT2D eigenvalue weighted by atomic mass is 9.68. The van der Waals surface area contributed by atoms with Gasteiger partial charge in [0.25, 0.3) is 0 Å². The standard InChI is InChI=1S/C13H17BrN2O/c1-9-7-10(14)3-4-11(9)16-12(17)13(8-15)5-2-6-13/h3-4,7H,2,5-6,8,15H2,1H3,(H,16,17). The zero-order valence-electron chi connectivity index (χ0n) is 9.92. The van der Waals surface area contributed by atoms with Crippen LogP contribution in [-0.4, -0.2) is 12.5 Å². The molecule has 1 amide bonds. The van der Waals surface area contributed by atoms with Gasteiger partial charge >= 0.3 is 0 Å². The summed E-state index contributed by atoms with van der Waals surface area (Å²) >= 11 is 3.41. The van der Waals surface area contributed by atoms with Crippen LogP contribution in [0.4, 0.5) is 5.69 Å². The van der Waals surface area contributed by atoms with Gasteiger partial charge in [-0.2, -0.15) is 0 Å². The molecule has 1 fully saturated rings. The molecule has 0 spiro atoms. The molecule has 1 aromatic carbocycles. The number of benzene rings is 1. The van der Waals surface area contributed by atoms with Gasteiger partial charge in [0.1, 0.15) is 0 Å². The van der Waals surface area contributed by atoms with Gasteiger partial charge in [-0.15, -0.1) is 0 Å². The minimum atomic E-state index is -0.320. The SMILES string of the molecule is Cc1cc(Br)ccc1NC(=O)C1(CN)CCC1. The Balaban J connectivity index is 2.13. The highest BCUT2D eigenvalue weighted by atomic mass is 79.9. The molecule has 0 atom stereocenters. The van der Waals surface area contributed by atoms with Gasteiger partial charge in [0.05, 0.1) is 5.41 Å². The molecule has 0 aliphatic heterocycles. The van der Waals surface area contributed by atoms with E-state index in [0.29, 0.717) is 6.54 Å². The summed E-state index contributed by atoms with van der Waals surface area (Å²) in [6, 6.07) is 5.84. The zero-order valence-corrected chi connectivity index (χ0v) is 11.5. The average molecular weight is 297 g/mol. The van der Waals surface area contributed by atoms with E-state index in [0.717, 1.165) is 35.0 Å². The Kier molecular flexibility index (Phi) is 3.54. The number of aryl methyl sites for hydroxylation is 1. The highest BCUT2D eigenvalue weighted by Gasteiger charge is 2.42. The summed E-state index contributed by atoms with van der Waals surface area (Å²) < 4.78 is 1.02. The summed E-state index contributed by atoms with van der Waals surface area (Å²) in [6.45, 7) is 2.42. The van der Waals surface area contributed by atoms with Crippen molar-refractivity contribution in [3.8, 4) is 0 Å². The second-order valence-corrected chi connectivity index (χ2v) is 5.67. The molecule has 1 aliphatic rings. The number of halogens is 1. The Morgan fingerprint density at radius 1 is 1.53 bits per heavy atom. The van der Waals surface area contributed by atoms with Gasteiger partial charge in [0.2, 0.25) is 5.91 Å². The lowest BCUT2D eigenvalue weighted by Crippen LogP contribution is -2.47.